The molecule has 0 N–H and O–H groups in total. The molecule has 8 aromatic carbocycles. The average molecular weight is 664 g/mol. The minimum atomic E-state index is 0.884. The zero-order valence-electron chi connectivity index (χ0n) is 28.7. The Kier molecular flexibility index (Phi) is 7.07. The largest absolute Gasteiger partial charge is 0.455 e. The summed E-state index contributed by atoms with van der Waals surface area (Å²) in [5, 5.41) is 7.01. The first kappa shape index (κ1) is 30.1. The van der Waals surface area contributed by atoms with Crippen LogP contribution in [0.2, 0.25) is 0 Å². The van der Waals surface area contributed by atoms with E-state index in [1.165, 1.54) is 21.9 Å². The van der Waals surface area contributed by atoms with Crippen LogP contribution in [0.1, 0.15) is 5.56 Å². The molecule has 10 rings (SSSR count). The molecular weight excluding hydrogens is 631 g/mol. The second-order valence-electron chi connectivity index (χ2n) is 13.5. The summed E-state index contributed by atoms with van der Waals surface area (Å²) in [7, 11) is 0. The van der Waals surface area contributed by atoms with E-state index in [2.05, 4.69) is 183 Å². The number of furan rings is 1. The minimum Gasteiger partial charge on any atom is -0.455 e. The number of nitrogens with zero attached hydrogens (tertiary/aromatic N) is 1. The van der Waals surface area contributed by atoms with Crippen molar-refractivity contribution in [1.82, 2.24) is 4.98 Å². The lowest BCUT2D eigenvalue weighted by Crippen LogP contribution is -1.96. The van der Waals surface area contributed by atoms with Gasteiger partial charge in [0.1, 0.15) is 11.2 Å². The van der Waals surface area contributed by atoms with E-state index in [9.17, 15) is 0 Å². The molecule has 244 valence electrons. The van der Waals surface area contributed by atoms with E-state index in [1.54, 1.807) is 0 Å². The van der Waals surface area contributed by atoms with Gasteiger partial charge in [0.2, 0.25) is 0 Å². The van der Waals surface area contributed by atoms with Crippen LogP contribution < -0.4 is 0 Å². The molecule has 0 atom stereocenters. The second kappa shape index (κ2) is 12.2. The third kappa shape index (κ3) is 4.92. The van der Waals surface area contributed by atoms with Crippen molar-refractivity contribution < 1.29 is 4.42 Å². The smallest absolute Gasteiger partial charge is 0.143 e. The fourth-order valence-corrected chi connectivity index (χ4v) is 7.89. The first-order valence-corrected chi connectivity index (χ1v) is 17.8. The van der Waals surface area contributed by atoms with E-state index in [1.807, 2.05) is 6.07 Å². The van der Waals surface area contributed by atoms with E-state index >= 15 is 0 Å². The summed E-state index contributed by atoms with van der Waals surface area (Å²) in [5.74, 6) is 0. The summed E-state index contributed by atoms with van der Waals surface area (Å²) in [6.45, 7) is 2.18. The van der Waals surface area contributed by atoms with E-state index in [0.717, 1.165) is 83.0 Å². The number of hydrogen-bond acceptors (Lipinski definition) is 2. The molecule has 0 bridgehead atoms. The monoisotopic (exact) mass is 663 g/mol. The van der Waals surface area contributed by atoms with Crippen LogP contribution in [0.3, 0.4) is 0 Å². The van der Waals surface area contributed by atoms with Crippen LogP contribution in [-0.2, 0) is 0 Å². The Balaban J connectivity index is 1.22. The highest BCUT2D eigenvalue weighted by Crippen LogP contribution is 2.46. The van der Waals surface area contributed by atoms with Crippen molar-refractivity contribution in [2.45, 2.75) is 6.92 Å². The lowest BCUT2D eigenvalue weighted by atomic mass is 9.90. The zero-order chi connectivity index (χ0) is 34.6. The molecule has 0 fully saturated rings. The number of pyridine rings is 1. The third-order valence-corrected chi connectivity index (χ3v) is 10.5. The van der Waals surface area contributed by atoms with Crippen molar-refractivity contribution in [3.8, 4) is 55.9 Å². The van der Waals surface area contributed by atoms with Crippen molar-refractivity contribution in [3.05, 3.63) is 188 Å². The topological polar surface area (TPSA) is 26.0 Å². The van der Waals surface area contributed by atoms with Crippen LogP contribution in [-0.4, -0.2) is 4.98 Å². The molecule has 0 saturated heterocycles. The molecule has 0 unspecified atom stereocenters. The fraction of sp³-hybridized carbons (Fsp3) is 0.0200. The van der Waals surface area contributed by atoms with Gasteiger partial charge in [-0.1, -0.05) is 164 Å². The van der Waals surface area contributed by atoms with Crippen LogP contribution in [0, 0.1) is 6.92 Å². The normalized spacial score (nSPS) is 11.6. The van der Waals surface area contributed by atoms with Crippen LogP contribution in [0.4, 0.5) is 0 Å². The number of fused-ring (bicyclic) bond motifs is 6. The van der Waals surface area contributed by atoms with Crippen molar-refractivity contribution in [1.29, 1.82) is 0 Å². The molecule has 52 heavy (non-hydrogen) atoms. The van der Waals surface area contributed by atoms with Gasteiger partial charge in [-0.3, -0.25) is 0 Å². The lowest BCUT2D eigenvalue weighted by molar-refractivity contribution is 0.674. The van der Waals surface area contributed by atoms with Crippen LogP contribution in [0.25, 0.3) is 99.4 Å². The maximum Gasteiger partial charge on any atom is 0.143 e. The molecule has 0 radical (unpaired) electrons. The molecule has 0 spiro atoms. The Morgan fingerprint density at radius 1 is 0.385 bits per heavy atom. The predicted octanol–water partition coefficient (Wildman–Crippen LogP) is 13.9. The molecule has 2 nitrogen and oxygen atoms in total. The molecule has 10 aromatic rings. The number of rotatable bonds is 5. The first-order chi connectivity index (χ1) is 25.7. The molecule has 2 aromatic heterocycles. The highest BCUT2D eigenvalue weighted by Gasteiger charge is 2.22. The van der Waals surface area contributed by atoms with Gasteiger partial charge in [-0.15, -0.1) is 0 Å². The summed E-state index contributed by atoms with van der Waals surface area (Å²) < 4.78 is 7.08. The van der Waals surface area contributed by atoms with Gasteiger partial charge in [-0.25, -0.2) is 4.98 Å². The lowest BCUT2D eigenvalue weighted by Gasteiger charge is -2.16. The minimum absolute atomic E-state index is 0.884. The van der Waals surface area contributed by atoms with Gasteiger partial charge in [-0.05, 0) is 74.7 Å². The Labute approximate surface area is 302 Å². The SMILES string of the molecule is Cc1c(-c2ccc(-c3ccc(-c4cccc5ccccc45)cc3)c3c2oc2c4ccccc4ccc23)cc(-c2ccccc2)nc1-c1ccccc1. The highest BCUT2D eigenvalue weighted by molar-refractivity contribution is 6.21. The molecule has 2 heterocycles. The van der Waals surface area contributed by atoms with Crippen LogP contribution in [0.5, 0.6) is 0 Å². The van der Waals surface area contributed by atoms with Crippen molar-refractivity contribution in [2.24, 2.45) is 0 Å². The Morgan fingerprint density at radius 3 is 1.73 bits per heavy atom. The molecular formula is C50H33NO. The zero-order valence-corrected chi connectivity index (χ0v) is 28.7. The van der Waals surface area contributed by atoms with E-state index in [4.69, 9.17) is 9.40 Å². The van der Waals surface area contributed by atoms with Gasteiger partial charge in [0, 0.05) is 32.8 Å². The molecule has 2 heteroatoms. The molecule has 0 aliphatic heterocycles. The Morgan fingerprint density at radius 2 is 0.981 bits per heavy atom. The second-order valence-corrected chi connectivity index (χ2v) is 13.5. The standard InChI is InChI=1S/C50H33NO/c1-32-45(31-46(37-15-4-2-5-16-37)51-48(32)38-17-6-3-7-18-38)43-30-29-41(47-44-28-27-34-14-9-11-21-42(34)49(44)52-50(43)47)36-25-23-35(24-26-36)40-22-12-19-33-13-8-10-20-39(33)40/h2-31H,1H3. The summed E-state index contributed by atoms with van der Waals surface area (Å²) in [6, 6.07) is 64.8. The summed E-state index contributed by atoms with van der Waals surface area (Å²) in [4.78, 5) is 5.25. The van der Waals surface area contributed by atoms with Gasteiger partial charge in [0.05, 0.1) is 11.4 Å². The predicted molar refractivity (Wildman–Crippen MR) is 218 cm³/mol. The van der Waals surface area contributed by atoms with Crippen LogP contribution in [0.15, 0.2) is 186 Å². The van der Waals surface area contributed by atoms with E-state index in [0.29, 0.717) is 0 Å². The summed E-state index contributed by atoms with van der Waals surface area (Å²) >= 11 is 0. The highest BCUT2D eigenvalue weighted by atomic mass is 16.3. The molecule has 0 aliphatic rings. The fourth-order valence-electron chi connectivity index (χ4n) is 7.89. The number of benzene rings is 8. The maximum absolute atomic E-state index is 7.08. The number of hydrogen-bond donors (Lipinski definition) is 0. The van der Waals surface area contributed by atoms with Gasteiger partial charge < -0.3 is 4.42 Å². The van der Waals surface area contributed by atoms with Crippen molar-refractivity contribution >= 4 is 43.5 Å². The summed E-state index contributed by atoms with van der Waals surface area (Å²) in [5.41, 5.74) is 13.9. The third-order valence-electron chi connectivity index (χ3n) is 10.5. The molecule has 0 saturated carbocycles. The quantitative estimate of drug-likeness (QED) is 0.183. The summed E-state index contributed by atoms with van der Waals surface area (Å²) in [6.07, 6.45) is 0. The molecule has 0 aliphatic carbocycles. The van der Waals surface area contributed by atoms with Gasteiger partial charge in [-0.2, -0.15) is 0 Å². The van der Waals surface area contributed by atoms with Crippen molar-refractivity contribution in [2.75, 3.05) is 0 Å². The first-order valence-electron chi connectivity index (χ1n) is 17.8. The number of aromatic nitrogens is 1. The Hall–Kier alpha value is -6.77. The van der Waals surface area contributed by atoms with Gasteiger partial charge in [0.25, 0.3) is 0 Å². The molecule has 0 amide bonds. The van der Waals surface area contributed by atoms with Crippen molar-refractivity contribution in [3.63, 3.8) is 0 Å². The Bertz CT molecular complexity index is 2930. The van der Waals surface area contributed by atoms with Crippen LogP contribution >= 0.6 is 0 Å². The average Bonchev–Trinajstić information content (AvgIpc) is 3.62. The van der Waals surface area contributed by atoms with Gasteiger partial charge in [0.15, 0.2) is 0 Å². The van der Waals surface area contributed by atoms with E-state index in [-0.39, 0.29) is 0 Å². The van der Waals surface area contributed by atoms with Gasteiger partial charge >= 0.3 is 0 Å². The van der Waals surface area contributed by atoms with E-state index < -0.39 is 0 Å². The maximum atomic E-state index is 7.08.